The summed E-state index contributed by atoms with van der Waals surface area (Å²) in [6, 6.07) is 0. The Bertz CT molecular complexity index is 427. The summed E-state index contributed by atoms with van der Waals surface area (Å²) in [7, 11) is 0. The van der Waals surface area contributed by atoms with Gasteiger partial charge in [0.25, 0.3) is 0 Å². The van der Waals surface area contributed by atoms with Crippen LogP contribution in [-0.4, -0.2) is 17.0 Å². The zero-order chi connectivity index (χ0) is 12.3. The predicted molar refractivity (Wildman–Crippen MR) is 64.1 cm³/mol. The Hall–Kier alpha value is -0.370. The zero-order valence-electron chi connectivity index (χ0n) is 11.1. The van der Waals surface area contributed by atoms with Crippen LogP contribution in [-0.2, 0) is 4.79 Å². The van der Waals surface area contributed by atoms with Gasteiger partial charge in [0.15, 0.2) is 0 Å². The van der Waals surface area contributed by atoms with E-state index in [4.69, 9.17) is 0 Å². The van der Waals surface area contributed by atoms with Gasteiger partial charge in [-0.25, -0.2) is 0 Å². The number of rotatable bonds is 0. The van der Waals surface area contributed by atoms with Crippen LogP contribution in [0, 0.1) is 46.3 Å². The van der Waals surface area contributed by atoms with E-state index in [0.29, 0.717) is 35.4 Å². The highest BCUT2D eigenvalue weighted by Crippen LogP contribution is 2.82. The van der Waals surface area contributed by atoms with Crippen LogP contribution in [0.4, 0.5) is 0 Å². The topological polar surface area (TPSA) is 37.3 Å². The molecule has 8 atom stereocenters. The van der Waals surface area contributed by atoms with E-state index >= 15 is 0 Å². The fourth-order valence-electron chi connectivity index (χ4n) is 6.18. The maximum absolute atomic E-state index is 12.2. The fraction of sp³-hybridized carbons (Fsp3) is 0.933. The van der Waals surface area contributed by atoms with E-state index in [1.807, 2.05) is 0 Å². The quantitative estimate of drug-likeness (QED) is 0.697. The first kappa shape index (κ1) is 10.5. The Morgan fingerprint density at radius 3 is 2.53 bits per heavy atom. The molecule has 2 heteroatoms. The molecule has 17 heavy (non-hydrogen) atoms. The van der Waals surface area contributed by atoms with Crippen LogP contribution in [0.5, 0.6) is 0 Å². The van der Waals surface area contributed by atoms with Crippen molar-refractivity contribution in [3.63, 3.8) is 0 Å². The number of carbonyl (C=O) groups excluding carboxylic acids is 1. The molecule has 0 bridgehead atoms. The number of Topliss-reactive ketones (excluding diaryl/α,β-unsaturated/α-hetero) is 1. The standard InChI is InChI=1S/C15H22O2/c1-6-12(16)9-8-7-5-14(2,3)13(17)10(7)15(6,4)11(8)9/h6-11,13,17H,5H2,1-4H3/t6?,7?,8?,9?,10?,11?,13-,15+/m0/s1. The minimum absolute atomic E-state index is 0.0504. The third kappa shape index (κ3) is 0.845. The second-order valence-corrected chi connectivity index (χ2v) is 7.95. The van der Waals surface area contributed by atoms with Crippen molar-refractivity contribution in [2.75, 3.05) is 0 Å². The van der Waals surface area contributed by atoms with Gasteiger partial charge in [-0.2, -0.15) is 0 Å². The normalized spacial score (nSPS) is 65.9. The number of ketones is 1. The zero-order valence-corrected chi connectivity index (χ0v) is 11.1. The summed E-state index contributed by atoms with van der Waals surface area (Å²) in [5.74, 6) is 3.29. The number of aliphatic hydroxyl groups excluding tert-OH is 1. The number of carbonyl (C=O) groups is 1. The van der Waals surface area contributed by atoms with Crippen molar-refractivity contribution in [2.45, 2.75) is 40.2 Å². The largest absolute Gasteiger partial charge is 0.392 e. The van der Waals surface area contributed by atoms with Gasteiger partial charge in [0, 0.05) is 11.8 Å². The molecule has 4 rings (SSSR count). The molecule has 0 aromatic rings. The Kier molecular flexibility index (Phi) is 1.55. The third-order valence-electron chi connectivity index (χ3n) is 7.06. The van der Waals surface area contributed by atoms with Crippen LogP contribution in [0.2, 0.25) is 0 Å². The Balaban J connectivity index is 1.83. The molecule has 4 aliphatic carbocycles. The van der Waals surface area contributed by atoms with Crippen LogP contribution in [0.1, 0.15) is 34.1 Å². The number of fused-ring (bicyclic) bond motifs is 4. The summed E-state index contributed by atoms with van der Waals surface area (Å²) in [5.41, 5.74) is 0.152. The molecule has 2 nitrogen and oxygen atoms in total. The van der Waals surface area contributed by atoms with E-state index in [1.54, 1.807) is 0 Å². The Morgan fingerprint density at radius 2 is 1.88 bits per heavy atom. The lowest BCUT2D eigenvalue weighted by molar-refractivity contribution is -0.125. The molecule has 0 radical (unpaired) electrons. The lowest BCUT2D eigenvalue weighted by atomic mass is 9.67. The van der Waals surface area contributed by atoms with Crippen molar-refractivity contribution >= 4 is 5.78 Å². The third-order valence-corrected chi connectivity index (χ3v) is 7.06. The molecular formula is C15H22O2. The molecule has 0 aliphatic heterocycles. The average Bonchev–Trinajstić information content (AvgIpc) is 2.83. The summed E-state index contributed by atoms with van der Waals surface area (Å²) in [5, 5.41) is 10.6. The molecule has 94 valence electrons. The van der Waals surface area contributed by atoms with E-state index in [0.717, 1.165) is 6.42 Å². The van der Waals surface area contributed by atoms with Crippen LogP contribution in [0.15, 0.2) is 0 Å². The first-order valence-corrected chi connectivity index (χ1v) is 7.03. The molecule has 0 aromatic heterocycles. The van der Waals surface area contributed by atoms with Crippen molar-refractivity contribution in [3.05, 3.63) is 0 Å². The molecule has 4 fully saturated rings. The van der Waals surface area contributed by atoms with Gasteiger partial charge in [-0.1, -0.05) is 27.7 Å². The maximum Gasteiger partial charge on any atom is 0.139 e. The molecule has 6 unspecified atom stereocenters. The SMILES string of the molecule is CC1C(=O)C2C3C4CC(C)(C)[C@@H](O)C4[C@]1(C)C23. The highest BCUT2D eigenvalue weighted by molar-refractivity contribution is 5.91. The highest BCUT2D eigenvalue weighted by atomic mass is 16.3. The monoisotopic (exact) mass is 234 g/mol. The summed E-state index contributed by atoms with van der Waals surface area (Å²) in [4.78, 5) is 12.2. The fourth-order valence-corrected chi connectivity index (χ4v) is 6.18. The van der Waals surface area contributed by atoms with Gasteiger partial charge in [0.1, 0.15) is 5.78 Å². The lowest BCUT2D eigenvalue weighted by Crippen LogP contribution is -2.41. The van der Waals surface area contributed by atoms with Gasteiger partial charge >= 0.3 is 0 Å². The Labute approximate surface area is 103 Å². The van der Waals surface area contributed by atoms with Crippen LogP contribution in [0.25, 0.3) is 0 Å². The van der Waals surface area contributed by atoms with Crippen LogP contribution < -0.4 is 0 Å². The Morgan fingerprint density at radius 1 is 1.24 bits per heavy atom. The van der Waals surface area contributed by atoms with E-state index in [1.165, 1.54) is 0 Å². The van der Waals surface area contributed by atoms with Gasteiger partial charge in [0.2, 0.25) is 0 Å². The summed E-state index contributed by atoms with van der Waals surface area (Å²) in [6.07, 6.45) is 0.908. The predicted octanol–water partition coefficient (Wildman–Crippen LogP) is 2.11. The first-order valence-electron chi connectivity index (χ1n) is 7.03. The molecule has 0 heterocycles. The number of hydrogen-bond donors (Lipinski definition) is 1. The minimum atomic E-state index is -0.209. The molecule has 4 saturated carbocycles. The summed E-state index contributed by atoms with van der Waals surface area (Å²) < 4.78 is 0. The van der Waals surface area contributed by atoms with Crippen LogP contribution >= 0.6 is 0 Å². The van der Waals surface area contributed by atoms with E-state index in [-0.39, 0.29) is 22.9 Å². The molecular weight excluding hydrogens is 212 g/mol. The summed E-state index contributed by atoms with van der Waals surface area (Å²) in [6.45, 7) is 8.77. The molecule has 0 spiro atoms. The molecule has 4 aliphatic rings. The second-order valence-electron chi connectivity index (χ2n) is 7.95. The molecule has 1 N–H and O–H groups in total. The van der Waals surface area contributed by atoms with Crippen molar-refractivity contribution in [2.24, 2.45) is 46.3 Å². The average molecular weight is 234 g/mol. The van der Waals surface area contributed by atoms with E-state index in [2.05, 4.69) is 27.7 Å². The van der Waals surface area contributed by atoms with Crippen LogP contribution in [0.3, 0.4) is 0 Å². The number of aliphatic hydroxyl groups is 1. The smallest absolute Gasteiger partial charge is 0.139 e. The van der Waals surface area contributed by atoms with E-state index < -0.39 is 0 Å². The summed E-state index contributed by atoms with van der Waals surface area (Å²) >= 11 is 0. The number of hydrogen-bond acceptors (Lipinski definition) is 2. The van der Waals surface area contributed by atoms with Crippen molar-refractivity contribution in [1.29, 1.82) is 0 Å². The lowest BCUT2D eigenvalue weighted by Gasteiger charge is -2.38. The van der Waals surface area contributed by atoms with Gasteiger partial charge in [-0.15, -0.1) is 0 Å². The van der Waals surface area contributed by atoms with E-state index in [9.17, 15) is 9.90 Å². The molecule has 0 aromatic carbocycles. The second kappa shape index (κ2) is 2.49. The molecule has 0 saturated heterocycles. The highest BCUT2D eigenvalue weighted by Gasteiger charge is 2.83. The minimum Gasteiger partial charge on any atom is -0.392 e. The van der Waals surface area contributed by atoms with Crippen molar-refractivity contribution in [3.8, 4) is 0 Å². The van der Waals surface area contributed by atoms with Crippen molar-refractivity contribution in [1.82, 2.24) is 0 Å². The van der Waals surface area contributed by atoms with Crippen molar-refractivity contribution < 1.29 is 9.90 Å². The van der Waals surface area contributed by atoms with Gasteiger partial charge in [0.05, 0.1) is 6.10 Å². The maximum atomic E-state index is 12.2. The van der Waals surface area contributed by atoms with Gasteiger partial charge < -0.3 is 5.11 Å². The molecule has 0 amide bonds. The van der Waals surface area contributed by atoms with Gasteiger partial charge in [-0.3, -0.25) is 4.79 Å². The van der Waals surface area contributed by atoms with Gasteiger partial charge in [-0.05, 0) is 40.9 Å². The first-order chi connectivity index (χ1) is 7.82.